The van der Waals surface area contributed by atoms with Gasteiger partial charge in [-0.05, 0) is 48.4 Å². The average Bonchev–Trinajstić information content (AvgIpc) is 2.43. The molecule has 1 nitrogen and oxygen atoms in total. The van der Waals surface area contributed by atoms with E-state index in [2.05, 4.69) is 94.9 Å². The fraction of sp³-hybridized carbons (Fsp3) is 0.158. The molecule has 0 fully saturated rings. The number of quaternary nitrogens is 1. The summed E-state index contributed by atoms with van der Waals surface area (Å²) < 4.78 is 0. The lowest BCUT2D eigenvalue weighted by atomic mass is 10.5. The van der Waals surface area contributed by atoms with E-state index in [4.69, 9.17) is 0 Å². The Morgan fingerprint density at radius 3 is 1.05 bits per heavy atom. The summed E-state index contributed by atoms with van der Waals surface area (Å²) in [5.41, 5.74) is 0. The Labute approximate surface area is 121 Å². The van der Waals surface area contributed by atoms with Gasteiger partial charge in [0.05, 0.1) is 20.0 Å². The van der Waals surface area contributed by atoms with Crippen LogP contribution in [0.25, 0.3) is 0 Å². The lowest BCUT2D eigenvalue weighted by molar-refractivity contribution is -0.783. The van der Waals surface area contributed by atoms with E-state index >= 15 is 0 Å². The molecule has 1 heteroatoms. The van der Waals surface area contributed by atoms with Gasteiger partial charge in [-0.25, -0.2) is 0 Å². The standard InChI is InChI=1S/C19H9N/c1-4-5-6-7-8-9-10-11-12-13-14-15-16-17-18-19-20(2)3/h1-3H3/p+1. The van der Waals surface area contributed by atoms with Gasteiger partial charge in [0.2, 0.25) is 0 Å². The van der Waals surface area contributed by atoms with Crippen LogP contribution in [0.3, 0.4) is 0 Å². The molecule has 20 heavy (non-hydrogen) atoms. The molecule has 0 atom stereocenters. The highest BCUT2D eigenvalue weighted by atomic mass is 15.0. The number of rotatable bonds is 0. The quantitative estimate of drug-likeness (QED) is 0.535. The van der Waals surface area contributed by atoms with Crippen molar-refractivity contribution >= 4 is 0 Å². The van der Waals surface area contributed by atoms with Crippen molar-refractivity contribution in [3.63, 3.8) is 0 Å². The van der Waals surface area contributed by atoms with Crippen molar-refractivity contribution in [1.29, 1.82) is 0 Å². The average molecular weight is 252 g/mol. The van der Waals surface area contributed by atoms with E-state index in [9.17, 15) is 0 Å². The molecule has 0 heterocycles. The maximum absolute atomic E-state index is 2.82. The Bertz CT molecular complexity index is 824. The smallest absolute Gasteiger partial charge is 0.149 e. The molecule has 0 saturated carbocycles. The maximum atomic E-state index is 2.82. The zero-order valence-corrected chi connectivity index (χ0v) is 11.5. The van der Waals surface area contributed by atoms with Gasteiger partial charge < -0.3 is 0 Å². The molecule has 0 radical (unpaired) electrons. The van der Waals surface area contributed by atoms with Gasteiger partial charge in [0.15, 0.2) is 0 Å². The van der Waals surface area contributed by atoms with Crippen molar-refractivity contribution in [2.24, 2.45) is 0 Å². The van der Waals surface area contributed by atoms with Crippen molar-refractivity contribution < 1.29 is 4.90 Å². The van der Waals surface area contributed by atoms with Gasteiger partial charge in [-0.15, -0.1) is 0 Å². The normalized spacial score (nSPS) is 5.00. The van der Waals surface area contributed by atoms with Crippen molar-refractivity contribution in [3.05, 3.63) is 0 Å². The second kappa shape index (κ2) is 13.5. The monoisotopic (exact) mass is 252 g/mol. The molecule has 0 rings (SSSR count). The Hall–Kier alpha value is -3.56. The zero-order chi connectivity index (χ0) is 14.9. The van der Waals surface area contributed by atoms with Crippen molar-refractivity contribution in [1.82, 2.24) is 0 Å². The molecule has 0 spiro atoms. The zero-order valence-electron chi connectivity index (χ0n) is 11.5. The topological polar surface area (TPSA) is 4.44 Å². The van der Waals surface area contributed by atoms with Crippen LogP contribution in [0.5, 0.6) is 0 Å². The second-order valence-corrected chi connectivity index (χ2v) is 3.12. The fourth-order valence-corrected chi connectivity index (χ4v) is 0.594. The third-order valence-corrected chi connectivity index (χ3v) is 1.25. The van der Waals surface area contributed by atoms with Crippen molar-refractivity contribution in [2.45, 2.75) is 6.92 Å². The highest BCUT2D eigenvalue weighted by Crippen LogP contribution is 1.57. The molecule has 90 valence electrons. The predicted octanol–water partition coefficient (Wildman–Crippen LogP) is -0.864. The third-order valence-electron chi connectivity index (χ3n) is 1.25. The van der Waals surface area contributed by atoms with Crippen LogP contribution in [0.4, 0.5) is 0 Å². The van der Waals surface area contributed by atoms with Crippen LogP contribution in [0.1, 0.15) is 6.92 Å². The second-order valence-electron chi connectivity index (χ2n) is 3.12. The van der Waals surface area contributed by atoms with Gasteiger partial charge in [-0.1, -0.05) is 5.92 Å². The SMILES string of the molecule is CC#CC#CC#CC#CC#CC#CC#CC#C[NH+](C)C. The van der Waals surface area contributed by atoms with Crippen LogP contribution >= 0.6 is 0 Å². The van der Waals surface area contributed by atoms with Crippen molar-refractivity contribution in [3.8, 4) is 94.9 Å². The van der Waals surface area contributed by atoms with Crippen LogP contribution in [0.2, 0.25) is 0 Å². The van der Waals surface area contributed by atoms with Crippen LogP contribution in [-0.4, -0.2) is 14.1 Å². The van der Waals surface area contributed by atoms with Crippen molar-refractivity contribution in [2.75, 3.05) is 14.1 Å². The van der Waals surface area contributed by atoms with E-state index in [0.29, 0.717) is 0 Å². The summed E-state index contributed by atoms with van der Waals surface area (Å²) in [7, 11) is 3.83. The van der Waals surface area contributed by atoms with E-state index in [1.165, 1.54) is 0 Å². The summed E-state index contributed by atoms with van der Waals surface area (Å²) in [6, 6.07) is 2.82. The maximum Gasteiger partial charge on any atom is 0.149 e. The molecule has 0 aliphatic carbocycles. The third kappa shape index (κ3) is 14.4. The molecular weight excluding hydrogens is 242 g/mol. The number of hydrogen-bond acceptors (Lipinski definition) is 0. The Kier molecular flexibility index (Phi) is 11.1. The van der Waals surface area contributed by atoms with Gasteiger partial charge >= 0.3 is 0 Å². The molecule has 0 aliphatic rings. The van der Waals surface area contributed by atoms with E-state index in [1.807, 2.05) is 14.1 Å². The summed E-state index contributed by atoms with van der Waals surface area (Å²) in [6.45, 7) is 1.71. The largest absolute Gasteiger partial charge is 0.262 e. The van der Waals surface area contributed by atoms with Gasteiger partial charge in [-0.2, -0.15) is 0 Å². The molecule has 0 aromatic rings. The summed E-state index contributed by atoms with van der Waals surface area (Å²) in [5.74, 6) is 38.3. The van der Waals surface area contributed by atoms with Crippen LogP contribution in [-0.2, 0) is 0 Å². The Morgan fingerprint density at radius 1 is 0.450 bits per heavy atom. The minimum Gasteiger partial charge on any atom is -0.262 e. The Balaban J connectivity index is 4.31. The summed E-state index contributed by atoms with van der Waals surface area (Å²) in [5, 5.41) is 0. The molecule has 0 aliphatic heterocycles. The predicted molar refractivity (Wildman–Crippen MR) is 80.7 cm³/mol. The van der Waals surface area contributed by atoms with E-state index in [1.54, 1.807) is 6.92 Å². The highest BCUT2D eigenvalue weighted by Gasteiger charge is 1.74. The number of hydrogen-bond donors (Lipinski definition) is 1. The highest BCUT2D eigenvalue weighted by molar-refractivity contribution is 5.45. The van der Waals surface area contributed by atoms with Gasteiger partial charge in [0.25, 0.3) is 0 Å². The summed E-state index contributed by atoms with van der Waals surface area (Å²) in [4.78, 5) is 1.01. The molecular formula is C19H10N+. The van der Waals surface area contributed by atoms with E-state index < -0.39 is 0 Å². The fourth-order valence-electron chi connectivity index (χ4n) is 0.594. The minimum atomic E-state index is 1.01. The lowest BCUT2D eigenvalue weighted by Gasteiger charge is -1.86. The first-order chi connectivity index (χ1) is 9.77. The molecule has 0 aromatic heterocycles. The molecule has 0 bridgehead atoms. The van der Waals surface area contributed by atoms with E-state index in [-0.39, 0.29) is 0 Å². The summed E-state index contributed by atoms with van der Waals surface area (Å²) in [6.07, 6.45) is 0. The molecule has 0 saturated heterocycles. The van der Waals surface area contributed by atoms with Gasteiger partial charge in [0, 0.05) is 35.5 Å². The molecule has 0 unspecified atom stereocenters. The lowest BCUT2D eigenvalue weighted by Crippen LogP contribution is -3.01. The van der Waals surface area contributed by atoms with Crippen LogP contribution in [0.15, 0.2) is 0 Å². The first kappa shape index (κ1) is 16.4. The van der Waals surface area contributed by atoms with E-state index in [0.717, 1.165) is 4.90 Å². The van der Waals surface area contributed by atoms with Crippen LogP contribution in [0, 0.1) is 94.9 Å². The molecule has 0 amide bonds. The first-order valence-corrected chi connectivity index (χ1v) is 5.50. The van der Waals surface area contributed by atoms with Gasteiger partial charge in [-0.3, -0.25) is 4.90 Å². The Morgan fingerprint density at radius 2 is 0.750 bits per heavy atom. The minimum absolute atomic E-state index is 1.01. The first-order valence-electron chi connectivity index (χ1n) is 5.50. The molecule has 0 aromatic carbocycles. The summed E-state index contributed by atoms with van der Waals surface area (Å²) >= 11 is 0. The van der Waals surface area contributed by atoms with Crippen LogP contribution < -0.4 is 4.90 Å². The molecule has 1 N–H and O–H groups in total. The van der Waals surface area contributed by atoms with Gasteiger partial charge in [0.1, 0.15) is 6.04 Å². The number of nitrogens with one attached hydrogen (secondary N) is 1.